The Kier molecular flexibility index (Phi) is 4.37. The van der Waals surface area contributed by atoms with Gasteiger partial charge in [-0.25, -0.2) is 9.37 Å². The molecule has 1 aliphatic heterocycles. The van der Waals surface area contributed by atoms with Crippen molar-refractivity contribution in [3.05, 3.63) is 46.8 Å². The summed E-state index contributed by atoms with van der Waals surface area (Å²) in [6.45, 7) is 3.00. The number of aryl methyl sites for hydroxylation is 1. The topological polar surface area (TPSA) is 77.8 Å². The molecule has 1 fully saturated rings. The zero-order valence-corrected chi connectivity index (χ0v) is 13.1. The number of halogens is 1. The van der Waals surface area contributed by atoms with Crippen LogP contribution in [-0.4, -0.2) is 39.8 Å². The van der Waals surface area contributed by atoms with E-state index in [0.29, 0.717) is 30.0 Å². The summed E-state index contributed by atoms with van der Waals surface area (Å²) in [6.07, 6.45) is 0.836. The lowest BCUT2D eigenvalue weighted by molar-refractivity contribution is 0.107. The van der Waals surface area contributed by atoms with E-state index in [2.05, 4.69) is 26.2 Å². The monoisotopic (exact) mass is 315 g/mol. The van der Waals surface area contributed by atoms with E-state index in [1.807, 2.05) is 6.92 Å². The molecule has 23 heavy (non-hydrogen) atoms. The maximum atomic E-state index is 13.5. The highest BCUT2D eigenvalue weighted by atomic mass is 19.1. The molecule has 0 amide bonds. The van der Waals surface area contributed by atoms with E-state index in [0.717, 1.165) is 12.2 Å². The minimum Gasteiger partial charge on any atom is -0.380 e. The Balaban J connectivity index is 1.87. The SMILES string of the molecule is CO[C@@H]1C[C@@H](c2n[nH]c(C)n2)N(Cc2cc(F)ccc2C#N)C1. The number of likely N-dealkylation sites (tertiary alicyclic amines) is 1. The average Bonchev–Trinajstić information content (AvgIpc) is 3.13. The first-order valence-electron chi connectivity index (χ1n) is 7.45. The largest absolute Gasteiger partial charge is 0.380 e. The number of nitrogens with zero attached hydrogens (tertiary/aromatic N) is 4. The van der Waals surface area contributed by atoms with Crippen molar-refractivity contribution in [3.63, 3.8) is 0 Å². The fourth-order valence-corrected chi connectivity index (χ4v) is 3.01. The first-order valence-corrected chi connectivity index (χ1v) is 7.45. The average molecular weight is 315 g/mol. The number of hydrogen-bond donors (Lipinski definition) is 1. The molecule has 0 aliphatic carbocycles. The number of ether oxygens (including phenoxy) is 1. The highest BCUT2D eigenvalue weighted by molar-refractivity contribution is 5.38. The molecule has 120 valence electrons. The second-order valence-electron chi connectivity index (χ2n) is 5.73. The van der Waals surface area contributed by atoms with E-state index in [1.54, 1.807) is 7.11 Å². The summed E-state index contributed by atoms with van der Waals surface area (Å²) in [5, 5.41) is 16.3. The van der Waals surface area contributed by atoms with Gasteiger partial charge in [-0.15, -0.1) is 0 Å². The van der Waals surface area contributed by atoms with Crippen molar-refractivity contribution in [2.75, 3.05) is 13.7 Å². The Labute approximate surface area is 133 Å². The van der Waals surface area contributed by atoms with Crippen LogP contribution in [-0.2, 0) is 11.3 Å². The zero-order valence-electron chi connectivity index (χ0n) is 13.1. The number of H-pyrrole nitrogens is 1. The molecule has 2 atom stereocenters. The normalized spacial score (nSPS) is 21.5. The second kappa shape index (κ2) is 6.44. The molecule has 1 N–H and O–H groups in total. The molecule has 1 aromatic heterocycles. The van der Waals surface area contributed by atoms with Gasteiger partial charge in [0.15, 0.2) is 5.82 Å². The van der Waals surface area contributed by atoms with Crippen LogP contribution < -0.4 is 0 Å². The number of aromatic amines is 1. The molecule has 0 unspecified atom stereocenters. The number of nitrogens with one attached hydrogen (secondary N) is 1. The van der Waals surface area contributed by atoms with Crippen LogP contribution in [0.25, 0.3) is 0 Å². The van der Waals surface area contributed by atoms with Crippen molar-refractivity contribution in [2.24, 2.45) is 0 Å². The van der Waals surface area contributed by atoms with Gasteiger partial charge in [-0.05, 0) is 37.1 Å². The van der Waals surface area contributed by atoms with Gasteiger partial charge in [0.05, 0.1) is 23.8 Å². The number of methoxy groups -OCH3 is 1. The first-order chi connectivity index (χ1) is 11.1. The molecule has 0 saturated carbocycles. The van der Waals surface area contributed by atoms with Gasteiger partial charge in [0.25, 0.3) is 0 Å². The number of aromatic nitrogens is 3. The molecule has 2 aromatic rings. The van der Waals surface area contributed by atoms with Gasteiger partial charge in [0.1, 0.15) is 11.6 Å². The van der Waals surface area contributed by atoms with Gasteiger partial charge in [0, 0.05) is 20.2 Å². The third-order valence-corrected chi connectivity index (χ3v) is 4.17. The fraction of sp³-hybridized carbons (Fsp3) is 0.438. The van der Waals surface area contributed by atoms with E-state index in [9.17, 15) is 9.65 Å². The maximum absolute atomic E-state index is 13.5. The summed E-state index contributed by atoms with van der Waals surface area (Å²) in [7, 11) is 1.68. The van der Waals surface area contributed by atoms with Crippen LogP contribution in [0.3, 0.4) is 0 Å². The van der Waals surface area contributed by atoms with Crippen molar-refractivity contribution in [1.82, 2.24) is 20.1 Å². The molecule has 7 heteroatoms. The van der Waals surface area contributed by atoms with E-state index in [-0.39, 0.29) is 18.0 Å². The third kappa shape index (κ3) is 3.23. The first kappa shape index (κ1) is 15.6. The minimum atomic E-state index is -0.341. The van der Waals surface area contributed by atoms with E-state index < -0.39 is 0 Å². The minimum absolute atomic E-state index is 0.0142. The standard InChI is InChI=1S/C16H18FN5O/c1-10-19-16(21-20-10)15-6-14(23-2)9-22(15)8-12-5-13(17)4-3-11(12)7-18/h3-5,14-15H,6,8-9H2,1-2H3,(H,19,20,21)/t14-,15+/m1/s1. The smallest absolute Gasteiger partial charge is 0.167 e. The van der Waals surface area contributed by atoms with Gasteiger partial charge >= 0.3 is 0 Å². The van der Waals surface area contributed by atoms with Gasteiger partial charge < -0.3 is 4.74 Å². The highest BCUT2D eigenvalue weighted by Crippen LogP contribution is 2.33. The summed E-state index contributed by atoms with van der Waals surface area (Å²) >= 11 is 0. The van der Waals surface area contributed by atoms with E-state index >= 15 is 0 Å². The molecule has 0 bridgehead atoms. The highest BCUT2D eigenvalue weighted by Gasteiger charge is 2.35. The van der Waals surface area contributed by atoms with Crippen LogP contribution in [0.5, 0.6) is 0 Å². The lowest BCUT2D eigenvalue weighted by atomic mass is 10.1. The van der Waals surface area contributed by atoms with Crippen LogP contribution in [0.4, 0.5) is 4.39 Å². The van der Waals surface area contributed by atoms with Crippen LogP contribution in [0.15, 0.2) is 18.2 Å². The Hall–Kier alpha value is -2.30. The number of benzene rings is 1. The molecule has 1 saturated heterocycles. The van der Waals surface area contributed by atoms with Gasteiger partial charge in [-0.2, -0.15) is 10.4 Å². The Morgan fingerprint density at radius 3 is 3.00 bits per heavy atom. The van der Waals surface area contributed by atoms with E-state index in [4.69, 9.17) is 4.74 Å². The Bertz CT molecular complexity index is 738. The molecule has 1 aromatic carbocycles. The van der Waals surface area contributed by atoms with Crippen LogP contribution >= 0.6 is 0 Å². The molecule has 6 nitrogen and oxygen atoms in total. The number of nitriles is 1. The third-order valence-electron chi connectivity index (χ3n) is 4.17. The predicted molar refractivity (Wildman–Crippen MR) is 80.8 cm³/mol. The van der Waals surface area contributed by atoms with Crippen molar-refractivity contribution in [2.45, 2.75) is 32.0 Å². The second-order valence-corrected chi connectivity index (χ2v) is 5.73. The summed E-state index contributed by atoms with van der Waals surface area (Å²) in [6, 6.07) is 6.34. The fourth-order valence-electron chi connectivity index (χ4n) is 3.01. The number of hydrogen-bond acceptors (Lipinski definition) is 5. The van der Waals surface area contributed by atoms with Crippen molar-refractivity contribution in [3.8, 4) is 6.07 Å². The molecule has 0 spiro atoms. The van der Waals surface area contributed by atoms with Gasteiger partial charge in [0.2, 0.25) is 0 Å². The predicted octanol–water partition coefficient (Wildman–Crippen LogP) is 2.09. The van der Waals surface area contributed by atoms with Crippen LogP contribution in [0, 0.1) is 24.1 Å². The lowest BCUT2D eigenvalue weighted by Gasteiger charge is -2.22. The van der Waals surface area contributed by atoms with Crippen molar-refractivity contribution < 1.29 is 9.13 Å². The number of rotatable bonds is 4. The quantitative estimate of drug-likeness (QED) is 0.934. The summed E-state index contributed by atoms with van der Waals surface area (Å²) < 4.78 is 19.0. The van der Waals surface area contributed by atoms with Crippen molar-refractivity contribution >= 4 is 0 Å². The molecule has 0 radical (unpaired) electrons. The van der Waals surface area contributed by atoms with Crippen molar-refractivity contribution in [1.29, 1.82) is 5.26 Å². The maximum Gasteiger partial charge on any atom is 0.167 e. The Morgan fingerprint density at radius 1 is 1.52 bits per heavy atom. The van der Waals surface area contributed by atoms with Gasteiger partial charge in [-0.3, -0.25) is 10.00 Å². The lowest BCUT2D eigenvalue weighted by Crippen LogP contribution is -2.26. The summed E-state index contributed by atoms with van der Waals surface area (Å²) in [5.74, 6) is 1.12. The molecule has 3 rings (SSSR count). The van der Waals surface area contributed by atoms with Gasteiger partial charge in [-0.1, -0.05) is 0 Å². The molecule has 2 heterocycles. The summed E-state index contributed by atoms with van der Waals surface area (Å²) in [4.78, 5) is 6.54. The summed E-state index contributed by atoms with van der Waals surface area (Å²) in [5.41, 5.74) is 1.15. The molecular formula is C16H18FN5O. The molecule has 1 aliphatic rings. The molecular weight excluding hydrogens is 297 g/mol. The zero-order chi connectivity index (χ0) is 16.4. The van der Waals surface area contributed by atoms with E-state index in [1.165, 1.54) is 18.2 Å². The van der Waals surface area contributed by atoms with Crippen LogP contribution in [0.1, 0.15) is 35.2 Å². The van der Waals surface area contributed by atoms with Crippen LogP contribution in [0.2, 0.25) is 0 Å². The Morgan fingerprint density at radius 2 is 2.35 bits per heavy atom.